The van der Waals surface area contributed by atoms with E-state index in [9.17, 15) is 10.2 Å². The van der Waals surface area contributed by atoms with Crippen molar-refractivity contribution in [3.8, 4) is 11.5 Å². The van der Waals surface area contributed by atoms with Crippen LogP contribution in [0.4, 0.5) is 0 Å². The zero-order valence-electron chi connectivity index (χ0n) is 12.5. The molecule has 0 aliphatic heterocycles. The summed E-state index contributed by atoms with van der Waals surface area (Å²) < 4.78 is 5.27. The summed E-state index contributed by atoms with van der Waals surface area (Å²) >= 11 is 0. The first-order valence-electron chi connectivity index (χ1n) is 6.84. The third-order valence-corrected chi connectivity index (χ3v) is 3.10. The van der Waals surface area contributed by atoms with Crippen LogP contribution in [-0.4, -0.2) is 23.9 Å². The first-order chi connectivity index (χ1) is 9.56. The van der Waals surface area contributed by atoms with Crippen molar-refractivity contribution in [2.75, 3.05) is 13.7 Å². The maximum atomic E-state index is 9.52. The van der Waals surface area contributed by atoms with Crippen LogP contribution in [0.1, 0.15) is 32.3 Å². The van der Waals surface area contributed by atoms with Gasteiger partial charge in [0, 0.05) is 5.56 Å². The second-order valence-corrected chi connectivity index (χ2v) is 5.04. The van der Waals surface area contributed by atoms with Crippen LogP contribution in [0.5, 0.6) is 11.5 Å². The van der Waals surface area contributed by atoms with Gasteiger partial charge in [0.05, 0.1) is 13.7 Å². The highest BCUT2D eigenvalue weighted by molar-refractivity contribution is 5.41. The molecule has 20 heavy (non-hydrogen) atoms. The summed E-state index contributed by atoms with van der Waals surface area (Å²) in [6.07, 6.45) is 6.60. The Kier molecular flexibility index (Phi) is 6.88. The summed E-state index contributed by atoms with van der Waals surface area (Å²) in [6, 6.07) is 5.05. The number of aromatic hydroxyl groups is 1. The van der Waals surface area contributed by atoms with Gasteiger partial charge < -0.3 is 14.9 Å². The Morgan fingerprint density at radius 2 is 2.00 bits per heavy atom. The van der Waals surface area contributed by atoms with E-state index in [2.05, 4.69) is 19.9 Å². The predicted molar refractivity (Wildman–Crippen MR) is 82.2 cm³/mol. The number of aliphatic hydroxyl groups excluding tert-OH is 1. The zero-order chi connectivity index (χ0) is 15.0. The summed E-state index contributed by atoms with van der Waals surface area (Å²) in [7, 11) is 1.61. The maximum Gasteiger partial charge on any atom is 0.122 e. The van der Waals surface area contributed by atoms with Crippen molar-refractivity contribution >= 4 is 0 Å². The third kappa shape index (κ3) is 5.49. The minimum Gasteiger partial charge on any atom is -0.508 e. The van der Waals surface area contributed by atoms with Crippen molar-refractivity contribution in [3.05, 3.63) is 47.1 Å². The van der Waals surface area contributed by atoms with Crippen LogP contribution in [0.2, 0.25) is 0 Å². The molecular weight excluding hydrogens is 252 g/mol. The number of ether oxygens (including phenoxy) is 1. The van der Waals surface area contributed by atoms with Crippen molar-refractivity contribution in [2.45, 2.75) is 33.1 Å². The predicted octanol–water partition coefficient (Wildman–Crippen LogP) is 3.61. The molecule has 0 atom stereocenters. The molecular formula is C17H24O3. The quantitative estimate of drug-likeness (QED) is 0.748. The van der Waals surface area contributed by atoms with E-state index in [1.165, 1.54) is 5.57 Å². The first-order valence-corrected chi connectivity index (χ1v) is 6.84. The summed E-state index contributed by atoms with van der Waals surface area (Å²) in [5.41, 5.74) is 3.21. The Balaban J connectivity index is 2.73. The van der Waals surface area contributed by atoms with Gasteiger partial charge in [0.2, 0.25) is 0 Å². The number of benzene rings is 1. The van der Waals surface area contributed by atoms with Gasteiger partial charge in [-0.15, -0.1) is 0 Å². The lowest BCUT2D eigenvalue weighted by atomic mass is 10.0. The standard InChI is InChI=1S/C17H24O3/c1-13(2)5-4-6-14(12-18)7-8-15-11-16(19)9-10-17(15)20-3/h5,7,9-11,18-19H,4,6,8,12H2,1-3H3. The van der Waals surface area contributed by atoms with Crippen LogP contribution in [-0.2, 0) is 6.42 Å². The SMILES string of the molecule is COc1ccc(O)cc1CC=C(CO)CCC=C(C)C. The zero-order valence-corrected chi connectivity index (χ0v) is 12.5. The average molecular weight is 276 g/mol. The Morgan fingerprint density at radius 1 is 1.25 bits per heavy atom. The second-order valence-electron chi connectivity index (χ2n) is 5.04. The Hall–Kier alpha value is -1.74. The number of hydrogen-bond acceptors (Lipinski definition) is 3. The molecule has 0 unspecified atom stereocenters. The molecule has 0 saturated heterocycles. The fourth-order valence-electron chi connectivity index (χ4n) is 1.97. The molecule has 0 fully saturated rings. The highest BCUT2D eigenvalue weighted by Crippen LogP contribution is 2.24. The molecule has 0 heterocycles. The molecule has 0 aromatic heterocycles. The average Bonchev–Trinajstić information content (AvgIpc) is 2.42. The van der Waals surface area contributed by atoms with Gasteiger partial charge in [0.1, 0.15) is 11.5 Å². The molecule has 0 radical (unpaired) electrons. The first kappa shape index (κ1) is 16.3. The van der Waals surface area contributed by atoms with Gasteiger partial charge in [0.25, 0.3) is 0 Å². The van der Waals surface area contributed by atoms with Crippen LogP contribution in [0.15, 0.2) is 41.5 Å². The van der Waals surface area contributed by atoms with Crippen LogP contribution in [0.25, 0.3) is 0 Å². The van der Waals surface area contributed by atoms with Crippen LogP contribution in [0, 0.1) is 0 Å². The fraction of sp³-hybridized carbons (Fsp3) is 0.412. The number of phenolic OH excluding ortho intramolecular Hbond substituents is 1. The van der Waals surface area contributed by atoms with E-state index in [-0.39, 0.29) is 12.4 Å². The largest absolute Gasteiger partial charge is 0.508 e. The summed E-state index contributed by atoms with van der Waals surface area (Å²) in [6.45, 7) is 4.21. The van der Waals surface area contributed by atoms with Gasteiger partial charge in [-0.2, -0.15) is 0 Å². The molecule has 0 aliphatic carbocycles. The Labute approximate surface area is 121 Å². The molecule has 3 heteroatoms. The monoisotopic (exact) mass is 276 g/mol. The van der Waals surface area contributed by atoms with Gasteiger partial charge in [-0.25, -0.2) is 0 Å². The van der Waals surface area contributed by atoms with Gasteiger partial charge in [-0.3, -0.25) is 0 Å². The van der Waals surface area contributed by atoms with E-state index in [1.54, 1.807) is 25.3 Å². The lowest BCUT2D eigenvalue weighted by molar-refractivity contribution is 0.326. The lowest BCUT2D eigenvalue weighted by Gasteiger charge is -2.08. The van der Waals surface area contributed by atoms with E-state index >= 15 is 0 Å². The smallest absolute Gasteiger partial charge is 0.122 e. The number of rotatable bonds is 7. The summed E-state index contributed by atoms with van der Waals surface area (Å²) in [5, 5.41) is 18.9. The highest BCUT2D eigenvalue weighted by Gasteiger charge is 2.03. The molecule has 1 aromatic rings. The molecule has 0 bridgehead atoms. The minimum atomic E-state index is 0.0672. The van der Waals surface area contributed by atoms with Crippen molar-refractivity contribution < 1.29 is 14.9 Å². The molecule has 3 nitrogen and oxygen atoms in total. The molecule has 2 N–H and O–H groups in total. The number of methoxy groups -OCH3 is 1. The van der Waals surface area contributed by atoms with Crippen molar-refractivity contribution in [3.63, 3.8) is 0 Å². The maximum absolute atomic E-state index is 9.52. The normalized spacial score (nSPS) is 11.3. The topological polar surface area (TPSA) is 49.7 Å². The third-order valence-electron chi connectivity index (χ3n) is 3.10. The van der Waals surface area contributed by atoms with Crippen LogP contribution < -0.4 is 4.74 Å². The van der Waals surface area contributed by atoms with Crippen molar-refractivity contribution in [1.82, 2.24) is 0 Å². The summed E-state index contributed by atoms with van der Waals surface area (Å²) in [4.78, 5) is 0. The number of hydrogen-bond donors (Lipinski definition) is 2. The van der Waals surface area contributed by atoms with E-state index in [1.807, 2.05) is 6.08 Å². The van der Waals surface area contributed by atoms with E-state index in [0.29, 0.717) is 6.42 Å². The van der Waals surface area contributed by atoms with Crippen LogP contribution in [0.3, 0.4) is 0 Å². The Bertz CT molecular complexity index is 483. The number of allylic oxidation sites excluding steroid dienone is 3. The van der Waals surface area contributed by atoms with E-state index < -0.39 is 0 Å². The molecule has 1 rings (SSSR count). The minimum absolute atomic E-state index is 0.0672. The number of aliphatic hydroxyl groups is 1. The van der Waals surface area contributed by atoms with Crippen molar-refractivity contribution in [2.24, 2.45) is 0 Å². The molecule has 0 amide bonds. The molecule has 1 aromatic carbocycles. The Morgan fingerprint density at radius 3 is 2.60 bits per heavy atom. The molecule has 0 aliphatic rings. The highest BCUT2D eigenvalue weighted by atomic mass is 16.5. The fourth-order valence-corrected chi connectivity index (χ4v) is 1.97. The van der Waals surface area contributed by atoms with Crippen LogP contribution >= 0.6 is 0 Å². The number of phenols is 1. The van der Waals surface area contributed by atoms with Gasteiger partial charge in [0.15, 0.2) is 0 Å². The van der Waals surface area contributed by atoms with Gasteiger partial charge in [-0.05, 0) is 56.9 Å². The lowest BCUT2D eigenvalue weighted by Crippen LogP contribution is -1.94. The molecule has 0 spiro atoms. The summed E-state index contributed by atoms with van der Waals surface area (Å²) in [5.74, 6) is 0.977. The molecule has 110 valence electrons. The van der Waals surface area contributed by atoms with Gasteiger partial charge in [-0.1, -0.05) is 17.7 Å². The van der Waals surface area contributed by atoms with Gasteiger partial charge >= 0.3 is 0 Å². The van der Waals surface area contributed by atoms with Crippen molar-refractivity contribution in [1.29, 1.82) is 0 Å². The second kappa shape index (κ2) is 8.43. The van der Waals surface area contributed by atoms with E-state index in [4.69, 9.17) is 4.74 Å². The van der Waals surface area contributed by atoms with E-state index in [0.717, 1.165) is 29.7 Å². The molecule has 0 saturated carbocycles.